The highest BCUT2D eigenvalue weighted by Crippen LogP contribution is 2.25. The van der Waals surface area contributed by atoms with Gasteiger partial charge >= 0.3 is 0 Å². The summed E-state index contributed by atoms with van der Waals surface area (Å²) in [6, 6.07) is 4.89. The number of aromatic hydroxyl groups is 1. The van der Waals surface area contributed by atoms with E-state index in [0.29, 0.717) is 16.6 Å². The molecule has 0 bridgehead atoms. The van der Waals surface area contributed by atoms with Crippen molar-refractivity contribution in [3.63, 3.8) is 0 Å². The van der Waals surface area contributed by atoms with Crippen LogP contribution in [0.3, 0.4) is 0 Å². The van der Waals surface area contributed by atoms with Crippen LogP contribution in [0.2, 0.25) is 0 Å². The minimum Gasteiger partial charge on any atom is -0.507 e. The standard InChI is InChI=1S/C8H7FN2O/c9-4-6-8-5(10-11-6)2-1-3-7(8)12/h1-3,12H,4H2,(H,10,11). The quantitative estimate of drug-likeness (QED) is 0.677. The maximum atomic E-state index is 12.3. The molecule has 0 aliphatic heterocycles. The van der Waals surface area contributed by atoms with Gasteiger partial charge in [-0.15, -0.1) is 0 Å². The summed E-state index contributed by atoms with van der Waals surface area (Å²) in [5, 5.41) is 16.2. The summed E-state index contributed by atoms with van der Waals surface area (Å²) in [5.41, 5.74) is 0.908. The smallest absolute Gasteiger partial charge is 0.132 e. The highest BCUT2D eigenvalue weighted by atomic mass is 19.1. The van der Waals surface area contributed by atoms with Crippen LogP contribution in [-0.2, 0) is 6.67 Å². The van der Waals surface area contributed by atoms with Gasteiger partial charge in [-0.3, -0.25) is 5.10 Å². The van der Waals surface area contributed by atoms with Crippen molar-refractivity contribution in [1.82, 2.24) is 10.2 Å². The van der Waals surface area contributed by atoms with Crippen molar-refractivity contribution in [2.45, 2.75) is 6.67 Å². The summed E-state index contributed by atoms with van der Waals surface area (Å²) in [5.74, 6) is 0.0638. The summed E-state index contributed by atoms with van der Waals surface area (Å²) < 4.78 is 12.3. The van der Waals surface area contributed by atoms with Crippen molar-refractivity contribution in [2.75, 3.05) is 0 Å². The summed E-state index contributed by atoms with van der Waals surface area (Å²) in [4.78, 5) is 0. The molecular weight excluding hydrogens is 159 g/mol. The molecule has 3 nitrogen and oxygen atoms in total. The molecule has 2 rings (SSSR count). The number of hydrogen-bond donors (Lipinski definition) is 2. The largest absolute Gasteiger partial charge is 0.507 e. The molecule has 1 heterocycles. The van der Waals surface area contributed by atoms with E-state index in [-0.39, 0.29) is 5.75 Å². The van der Waals surface area contributed by atoms with E-state index in [1.165, 1.54) is 6.07 Å². The lowest BCUT2D eigenvalue weighted by atomic mass is 10.2. The lowest BCUT2D eigenvalue weighted by molar-refractivity contribution is 0.467. The highest BCUT2D eigenvalue weighted by Gasteiger charge is 2.07. The predicted molar refractivity (Wildman–Crippen MR) is 42.6 cm³/mol. The fourth-order valence-electron chi connectivity index (χ4n) is 1.21. The van der Waals surface area contributed by atoms with Crippen LogP contribution in [0.5, 0.6) is 5.75 Å². The molecule has 0 saturated heterocycles. The second-order valence-electron chi connectivity index (χ2n) is 2.51. The van der Waals surface area contributed by atoms with Gasteiger partial charge < -0.3 is 5.11 Å². The van der Waals surface area contributed by atoms with Gasteiger partial charge in [0.1, 0.15) is 12.4 Å². The van der Waals surface area contributed by atoms with E-state index < -0.39 is 6.67 Å². The monoisotopic (exact) mass is 166 g/mol. The Morgan fingerprint density at radius 1 is 1.50 bits per heavy atom. The predicted octanol–water partition coefficient (Wildman–Crippen LogP) is 1.74. The van der Waals surface area contributed by atoms with Crippen molar-refractivity contribution in [1.29, 1.82) is 0 Å². The number of hydrogen-bond acceptors (Lipinski definition) is 2. The second-order valence-corrected chi connectivity index (χ2v) is 2.51. The molecule has 0 aliphatic rings. The first-order valence-corrected chi connectivity index (χ1v) is 3.54. The van der Waals surface area contributed by atoms with Crippen LogP contribution in [0.1, 0.15) is 5.69 Å². The summed E-state index contributed by atoms with van der Waals surface area (Å²) in [6.45, 7) is -0.645. The molecule has 1 aromatic carbocycles. The zero-order valence-corrected chi connectivity index (χ0v) is 6.21. The number of phenols is 1. The normalized spacial score (nSPS) is 10.8. The molecule has 0 spiro atoms. The number of phenolic OH excluding ortho intramolecular Hbond substituents is 1. The number of nitrogens with one attached hydrogen (secondary N) is 1. The van der Waals surface area contributed by atoms with Crippen LogP contribution in [0.25, 0.3) is 10.9 Å². The van der Waals surface area contributed by atoms with Gasteiger partial charge in [0, 0.05) is 0 Å². The van der Waals surface area contributed by atoms with E-state index in [1.54, 1.807) is 12.1 Å². The highest BCUT2D eigenvalue weighted by molar-refractivity contribution is 5.87. The fourth-order valence-corrected chi connectivity index (χ4v) is 1.21. The van der Waals surface area contributed by atoms with E-state index in [2.05, 4.69) is 10.2 Å². The Kier molecular flexibility index (Phi) is 1.46. The van der Waals surface area contributed by atoms with Gasteiger partial charge in [-0.05, 0) is 12.1 Å². The molecule has 4 heteroatoms. The van der Waals surface area contributed by atoms with Crippen molar-refractivity contribution < 1.29 is 9.50 Å². The molecule has 2 N–H and O–H groups in total. The first-order valence-electron chi connectivity index (χ1n) is 3.54. The van der Waals surface area contributed by atoms with Crippen molar-refractivity contribution in [3.05, 3.63) is 23.9 Å². The number of rotatable bonds is 1. The van der Waals surface area contributed by atoms with Gasteiger partial charge in [0.2, 0.25) is 0 Å². The van der Waals surface area contributed by atoms with Crippen molar-refractivity contribution >= 4 is 10.9 Å². The van der Waals surface area contributed by atoms with Crippen LogP contribution in [-0.4, -0.2) is 15.3 Å². The molecule has 12 heavy (non-hydrogen) atoms. The van der Waals surface area contributed by atoms with Crippen molar-refractivity contribution in [2.24, 2.45) is 0 Å². The number of aromatic amines is 1. The third-order valence-electron chi connectivity index (χ3n) is 1.77. The molecule has 2 aromatic rings. The topological polar surface area (TPSA) is 48.9 Å². The number of halogens is 1. The Hall–Kier alpha value is -1.58. The molecule has 0 unspecified atom stereocenters. The molecular formula is C8H7FN2O. The first-order chi connectivity index (χ1) is 5.83. The van der Waals surface area contributed by atoms with Crippen LogP contribution < -0.4 is 0 Å². The Morgan fingerprint density at radius 2 is 2.33 bits per heavy atom. The summed E-state index contributed by atoms with van der Waals surface area (Å²) >= 11 is 0. The number of aromatic nitrogens is 2. The Labute approximate surface area is 67.8 Å². The minimum atomic E-state index is -0.645. The lowest BCUT2D eigenvalue weighted by Gasteiger charge is -1.93. The van der Waals surface area contributed by atoms with Crippen molar-refractivity contribution in [3.8, 4) is 5.75 Å². The molecule has 0 atom stereocenters. The lowest BCUT2D eigenvalue weighted by Crippen LogP contribution is -1.78. The van der Waals surface area contributed by atoms with Gasteiger partial charge in [0.15, 0.2) is 0 Å². The first kappa shape index (κ1) is 7.09. The molecule has 1 aromatic heterocycles. The van der Waals surface area contributed by atoms with E-state index in [0.717, 1.165) is 0 Å². The Morgan fingerprint density at radius 3 is 3.08 bits per heavy atom. The zero-order chi connectivity index (χ0) is 8.55. The van der Waals surface area contributed by atoms with Gasteiger partial charge in [-0.1, -0.05) is 6.07 Å². The molecule has 0 radical (unpaired) electrons. The van der Waals surface area contributed by atoms with Gasteiger partial charge in [-0.25, -0.2) is 4.39 Å². The van der Waals surface area contributed by atoms with E-state index in [9.17, 15) is 9.50 Å². The van der Waals surface area contributed by atoms with Crippen LogP contribution in [0.4, 0.5) is 4.39 Å². The number of alkyl halides is 1. The molecule has 0 aliphatic carbocycles. The Balaban J connectivity index is 2.83. The maximum Gasteiger partial charge on any atom is 0.132 e. The average molecular weight is 166 g/mol. The zero-order valence-electron chi connectivity index (χ0n) is 6.21. The Bertz CT molecular complexity index is 410. The SMILES string of the molecule is Oc1cccc2n[nH]c(CF)c12. The van der Waals surface area contributed by atoms with Crippen LogP contribution in [0.15, 0.2) is 18.2 Å². The summed E-state index contributed by atoms with van der Waals surface area (Å²) in [7, 11) is 0. The number of H-pyrrole nitrogens is 1. The molecule has 62 valence electrons. The minimum absolute atomic E-state index is 0.0638. The third-order valence-corrected chi connectivity index (χ3v) is 1.77. The number of nitrogens with zero attached hydrogens (tertiary/aromatic N) is 1. The maximum absolute atomic E-state index is 12.3. The molecule has 0 amide bonds. The number of benzene rings is 1. The van der Waals surface area contributed by atoms with Gasteiger partial charge in [-0.2, -0.15) is 5.10 Å². The number of fused-ring (bicyclic) bond motifs is 1. The molecule has 0 saturated carbocycles. The van der Waals surface area contributed by atoms with E-state index in [1.807, 2.05) is 0 Å². The fraction of sp³-hybridized carbons (Fsp3) is 0.125. The van der Waals surface area contributed by atoms with Crippen LogP contribution >= 0.6 is 0 Å². The van der Waals surface area contributed by atoms with Gasteiger partial charge in [0.05, 0.1) is 16.6 Å². The van der Waals surface area contributed by atoms with E-state index >= 15 is 0 Å². The van der Waals surface area contributed by atoms with Crippen LogP contribution in [0, 0.1) is 0 Å². The average Bonchev–Trinajstić information content (AvgIpc) is 2.49. The molecule has 0 fully saturated rings. The van der Waals surface area contributed by atoms with Gasteiger partial charge in [0.25, 0.3) is 0 Å². The second kappa shape index (κ2) is 2.48. The summed E-state index contributed by atoms with van der Waals surface area (Å²) in [6.07, 6.45) is 0. The third kappa shape index (κ3) is 0.845. The van der Waals surface area contributed by atoms with E-state index in [4.69, 9.17) is 0 Å².